The van der Waals surface area contributed by atoms with Crippen LogP contribution in [0.25, 0.3) is 11.0 Å². The van der Waals surface area contributed by atoms with E-state index in [1.807, 2.05) is 18.2 Å². The molecule has 0 atom stereocenters. The van der Waals surface area contributed by atoms with Gasteiger partial charge in [0, 0.05) is 5.39 Å². The van der Waals surface area contributed by atoms with Gasteiger partial charge in [-0.1, -0.05) is 12.1 Å². The van der Waals surface area contributed by atoms with Crippen molar-refractivity contribution in [1.82, 2.24) is 5.43 Å². The Kier molecular flexibility index (Phi) is 3.74. The number of amides is 1. The highest BCUT2D eigenvalue weighted by molar-refractivity contribution is 5.97. The average Bonchev–Trinajstić information content (AvgIpc) is 3.27. The number of methoxy groups -OCH3 is 1. The molecule has 1 aliphatic heterocycles. The van der Waals surface area contributed by atoms with Crippen LogP contribution in [0, 0.1) is 0 Å². The molecular weight excluding hydrogens is 324 g/mol. The summed E-state index contributed by atoms with van der Waals surface area (Å²) in [7, 11) is 1.55. The maximum absolute atomic E-state index is 12.2. The van der Waals surface area contributed by atoms with Crippen molar-refractivity contribution in [2.45, 2.75) is 0 Å². The molecule has 4 rings (SSSR count). The van der Waals surface area contributed by atoms with E-state index in [0.717, 1.165) is 10.9 Å². The molecule has 0 saturated carbocycles. The van der Waals surface area contributed by atoms with Crippen molar-refractivity contribution in [3.05, 3.63) is 53.8 Å². The zero-order valence-electron chi connectivity index (χ0n) is 13.3. The molecule has 0 radical (unpaired) electrons. The molecule has 1 aromatic heterocycles. The lowest BCUT2D eigenvalue weighted by atomic mass is 10.2. The quantitative estimate of drug-likeness (QED) is 0.584. The number of furan rings is 1. The summed E-state index contributed by atoms with van der Waals surface area (Å²) in [6.45, 7) is 0.210. The Balaban J connectivity index is 1.48. The Bertz CT molecular complexity index is 977. The summed E-state index contributed by atoms with van der Waals surface area (Å²) >= 11 is 0. The molecule has 126 valence electrons. The minimum Gasteiger partial charge on any atom is -0.493 e. The summed E-state index contributed by atoms with van der Waals surface area (Å²) in [5, 5.41) is 4.73. The van der Waals surface area contributed by atoms with E-state index in [0.29, 0.717) is 22.8 Å². The maximum Gasteiger partial charge on any atom is 0.307 e. The minimum absolute atomic E-state index is 0.155. The number of hydrogen-bond acceptors (Lipinski definition) is 6. The van der Waals surface area contributed by atoms with Crippen LogP contribution >= 0.6 is 0 Å². The largest absolute Gasteiger partial charge is 0.493 e. The number of carbonyl (C=O) groups is 1. The van der Waals surface area contributed by atoms with E-state index in [1.165, 1.54) is 6.21 Å². The number of para-hydroxylation sites is 1. The Morgan fingerprint density at radius 1 is 1.20 bits per heavy atom. The molecule has 1 N–H and O–H groups in total. The van der Waals surface area contributed by atoms with E-state index in [4.69, 9.17) is 18.6 Å². The van der Waals surface area contributed by atoms with Gasteiger partial charge in [-0.15, -0.1) is 0 Å². The van der Waals surface area contributed by atoms with Crippen molar-refractivity contribution in [2.24, 2.45) is 5.10 Å². The molecule has 1 aliphatic rings. The summed E-state index contributed by atoms with van der Waals surface area (Å²) in [5.74, 6) is 1.62. The van der Waals surface area contributed by atoms with Crippen LogP contribution in [0.1, 0.15) is 16.1 Å². The molecule has 0 fully saturated rings. The van der Waals surface area contributed by atoms with E-state index < -0.39 is 5.91 Å². The number of hydrogen-bond donors (Lipinski definition) is 1. The van der Waals surface area contributed by atoms with Crippen LogP contribution in [0.2, 0.25) is 0 Å². The number of nitrogens with zero attached hydrogens (tertiary/aromatic N) is 1. The molecule has 3 aromatic rings. The van der Waals surface area contributed by atoms with Gasteiger partial charge in [-0.25, -0.2) is 5.43 Å². The molecule has 0 saturated heterocycles. The van der Waals surface area contributed by atoms with Gasteiger partial charge in [0.15, 0.2) is 28.6 Å². The van der Waals surface area contributed by atoms with Crippen molar-refractivity contribution in [3.63, 3.8) is 0 Å². The first-order valence-corrected chi connectivity index (χ1v) is 7.54. The van der Waals surface area contributed by atoms with Gasteiger partial charge < -0.3 is 18.6 Å². The first-order valence-electron chi connectivity index (χ1n) is 7.54. The van der Waals surface area contributed by atoms with Gasteiger partial charge >= 0.3 is 5.91 Å². The Hall–Kier alpha value is -3.48. The normalized spacial score (nSPS) is 12.7. The van der Waals surface area contributed by atoms with Crippen molar-refractivity contribution in [2.75, 3.05) is 13.9 Å². The zero-order chi connectivity index (χ0) is 17.2. The number of carbonyl (C=O) groups excluding carboxylic acids is 1. The number of fused-ring (bicyclic) bond motifs is 2. The predicted octanol–water partition coefficient (Wildman–Crippen LogP) is 2.93. The van der Waals surface area contributed by atoms with Gasteiger partial charge in [-0.05, 0) is 35.9 Å². The molecule has 0 spiro atoms. The van der Waals surface area contributed by atoms with Crippen LogP contribution in [0.4, 0.5) is 0 Å². The van der Waals surface area contributed by atoms with Crippen molar-refractivity contribution in [1.29, 1.82) is 0 Å². The lowest BCUT2D eigenvalue weighted by molar-refractivity contribution is 0.0929. The Morgan fingerprint density at radius 2 is 2.08 bits per heavy atom. The maximum atomic E-state index is 12.2. The van der Waals surface area contributed by atoms with Gasteiger partial charge in [-0.2, -0.15) is 5.10 Å². The second-order valence-corrected chi connectivity index (χ2v) is 5.30. The number of nitrogens with one attached hydrogen (secondary N) is 1. The first kappa shape index (κ1) is 15.1. The number of ether oxygens (including phenoxy) is 3. The molecule has 25 heavy (non-hydrogen) atoms. The number of hydrazone groups is 1. The molecule has 0 aliphatic carbocycles. The average molecular weight is 338 g/mol. The topological polar surface area (TPSA) is 82.3 Å². The first-order chi connectivity index (χ1) is 12.2. The smallest absolute Gasteiger partial charge is 0.307 e. The van der Waals surface area contributed by atoms with Crippen molar-refractivity contribution >= 4 is 23.1 Å². The monoisotopic (exact) mass is 338 g/mol. The van der Waals surface area contributed by atoms with E-state index in [1.54, 1.807) is 31.4 Å². The molecule has 0 unspecified atom stereocenters. The van der Waals surface area contributed by atoms with Gasteiger partial charge in [0.1, 0.15) is 0 Å². The SMILES string of the molecule is COc1cccc2cc(C(=O)N/N=C/c3ccc4c(c3)OCO4)oc12. The zero-order valence-corrected chi connectivity index (χ0v) is 13.3. The van der Waals surface area contributed by atoms with Gasteiger partial charge in [-0.3, -0.25) is 4.79 Å². The van der Waals surface area contributed by atoms with Crippen molar-refractivity contribution in [3.8, 4) is 17.2 Å². The molecular formula is C18H14N2O5. The van der Waals surface area contributed by atoms with Crippen LogP contribution in [-0.4, -0.2) is 26.0 Å². The fourth-order valence-corrected chi connectivity index (χ4v) is 2.52. The second kappa shape index (κ2) is 6.20. The minimum atomic E-state index is -0.449. The lowest BCUT2D eigenvalue weighted by Gasteiger charge is -1.99. The Morgan fingerprint density at radius 3 is 2.96 bits per heavy atom. The van der Waals surface area contributed by atoms with Crippen LogP contribution < -0.4 is 19.6 Å². The van der Waals surface area contributed by atoms with E-state index in [9.17, 15) is 4.79 Å². The van der Waals surface area contributed by atoms with Crippen LogP contribution in [0.15, 0.2) is 52.0 Å². The number of rotatable bonds is 4. The van der Waals surface area contributed by atoms with Gasteiger partial charge in [0.2, 0.25) is 6.79 Å². The lowest BCUT2D eigenvalue weighted by Crippen LogP contribution is -2.16. The highest BCUT2D eigenvalue weighted by Gasteiger charge is 2.15. The third-order valence-corrected chi connectivity index (χ3v) is 3.73. The molecule has 0 bridgehead atoms. The van der Waals surface area contributed by atoms with E-state index in [-0.39, 0.29) is 12.6 Å². The van der Waals surface area contributed by atoms with Crippen LogP contribution in [0.5, 0.6) is 17.2 Å². The van der Waals surface area contributed by atoms with E-state index >= 15 is 0 Å². The number of benzene rings is 2. The molecule has 2 heterocycles. The summed E-state index contributed by atoms with van der Waals surface area (Å²) < 4.78 is 21.3. The van der Waals surface area contributed by atoms with Crippen molar-refractivity contribution < 1.29 is 23.4 Å². The van der Waals surface area contributed by atoms with Crippen LogP contribution in [0.3, 0.4) is 0 Å². The molecule has 7 nitrogen and oxygen atoms in total. The van der Waals surface area contributed by atoms with Gasteiger partial charge in [0.25, 0.3) is 0 Å². The van der Waals surface area contributed by atoms with E-state index in [2.05, 4.69) is 10.5 Å². The third-order valence-electron chi connectivity index (χ3n) is 3.73. The fourth-order valence-electron chi connectivity index (χ4n) is 2.52. The van der Waals surface area contributed by atoms with Gasteiger partial charge in [0.05, 0.1) is 13.3 Å². The molecule has 2 aromatic carbocycles. The third kappa shape index (κ3) is 2.87. The second-order valence-electron chi connectivity index (χ2n) is 5.30. The Labute approximate surface area is 142 Å². The molecule has 7 heteroatoms. The molecule has 1 amide bonds. The highest BCUT2D eigenvalue weighted by atomic mass is 16.7. The summed E-state index contributed by atoms with van der Waals surface area (Å²) in [4.78, 5) is 12.2. The predicted molar refractivity (Wildman–Crippen MR) is 90.4 cm³/mol. The summed E-state index contributed by atoms with van der Waals surface area (Å²) in [5.41, 5.74) is 3.73. The summed E-state index contributed by atoms with van der Waals surface area (Å²) in [6.07, 6.45) is 1.52. The van der Waals surface area contributed by atoms with Crippen LogP contribution in [-0.2, 0) is 0 Å². The fraction of sp³-hybridized carbons (Fsp3) is 0.111. The summed E-state index contributed by atoms with van der Waals surface area (Å²) in [6, 6.07) is 12.5. The standard InChI is InChI=1S/C18H14N2O5/c1-22-14-4-2-3-12-8-16(25-17(12)14)18(21)20-19-9-11-5-6-13-15(7-11)24-10-23-13/h2-9H,10H2,1H3,(H,20,21)/b19-9+. The highest BCUT2D eigenvalue weighted by Crippen LogP contribution is 2.32.